The number of nitrogens with zero attached hydrogens (tertiary/aromatic N) is 1. The van der Waals surface area contributed by atoms with Crippen LogP contribution in [0.3, 0.4) is 0 Å². The van der Waals surface area contributed by atoms with E-state index in [1.165, 1.54) is 51.4 Å². The number of para-hydroxylation sites is 1. The van der Waals surface area contributed by atoms with Gasteiger partial charge in [-0.2, -0.15) is 0 Å². The van der Waals surface area contributed by atoms with Gasteiger partial charge < -0.3 is 0 Å². The first kappa shape index (κ1) is 24.2. The molecule has 0 radical (unpaired) electrons. The lowest BCUT2D eigenvalue weighted by Crippen LogP contribution is -2.15. The van der Waals surface area contributed by atoms with Crippen LogP contribution in [0.5, 0.6) is 0 Å². The fourth-order valence-electron chi connectivity index (χ4n) is 4.16. The minimum absolute atomic E-state index is 0.365. The van der Waals surface area contributed by atoms with Gasteiger partial charge in [-0.25, -0.2) is 8.42 Å². The summed E-state index contributed by atoms with van der Waals surface area (Å²) in [7, 11) is -3.69. The first-order chi connectivity index (χ1) is 15.6. The number of aromatic nitrogens is 1. The van der Waals surface area contributed by atoms with Crippen LogP contribution < -0.4 is 4.72 Å². The van der Waals surface area contributed by atoms with Crippen molar-refractivity contribution in [2.75, 3.05) is 4.72 Å². The maximum absolute atomic E-state index is 13.2. The van der Waals surface area contributed by atoms with Crippen LogP contribution in [0.2, 0.25) is 0 Å². The number of fused-ring (bicyclic) bond motifs is 1. The van der Waals surface area contributed by atoms with Gasteiger partial charge in [0.1, 0.15) is 0 Å². The molecule has 0 saturated carbocycles. The Bertz CT molecular complexity index is 1070. The number of pyridine rings is 1. The number of hydrogen-bond donors (Lipinski definition) is 1. The molecule has 0 unspecified atom stereocenters. The standard InChI is InChI=1S/C27H36N2O2S/c1-2-3-4-5-6-7-8-9-10-11-16-23-17-12-13-21-26(23)32(30,31)29-25-20-14-18-24-19-15-22-28-27(24)25/h12-15,17-22,29H,2-11,16H2,1H3. The molecule has 0 atom stereocenters. The van der Waals surface area contributed by atoms with Crippen LogP contribution >= 0.6 is 0 Å². The molecule has 32 heavy (non-hydrogen) atoms. The highest BCUT2D eigenvalue weighted by Crippen LogP contribution is 2.26. The van der Waals surface area contributed by atoms with Crippen LogP contribution in [0.25, 0.3) is 10.9 Å². The van der Waals surface area contributed by atoms with E-state index in [4.69, 9.17) is 0 Å². The molecule has 4 nitrogen and oxygen atoms in total. The highest BCUT2D eigenvalue weighted by atomic mass is 32.2. The first-order valence-electron chi connectivity index (χ1n) is 12.1. The van der Waals surface area contributed by atoms with Gasteiger partial charge in [-0.3, -0.25) is 9.71 Å². The van der Waals surface area contributed by atoms with Crippen molar-refractivity contribution in [1.82, 2.24) is 4.98 Å². The van der Waals surface area contributed by atoms with E-state index in [2.05, 4.69) is 16.6 Å². The van der Waals surface area contributed by atoms with E-state index in [0.29, 0.717) is 16.1 Å². The summed E-state index contributed by atoms with van der Waals surface area (Å²) < 4.78 is 29.2. The van der Waals surface area contributed by atoms with Crippen molar-refractivity contribution in [3.63, 3.8) is 0 Å². The number of rotatable bonds is 14. The quantitative estimate of drug-likeness (QED) is 0.258. The lowest BCUT2D eigenvalue weighted by molar-refractivity contribution is 0.555. The highest BCUT2D eigenvalue weighted by Gasteiger charge is 2.19. The summed E-state index contributed by atoms with van der Waals surface area (Å²) in [6.07, 6.45) is 15.2. The third kappa shape index (κ3) is 7.06. The van der Waals surface area contributed by atoms with E-state index in [1.54, 1.807) is 24.4 Å². The summed E-state index contributed by atoms with van der Waals surface area (Å²) in [6, 6.07) is 16.7. The second-order valence-corrected chi connectivity index (χ2v) is 10.2. The van der Waals surface area contributed by atoms with E-state index in [0.717, 1.165) is 30.2 Å². The molecule has 0 amide bonds. The first-order valence-corrected chi connectivity index (χ1v) is 13.5. The van der Waals surface area contributed by atoms with Crippen molar-refractivity contribution in [1.29, 1.82) is 0 Å². The maximum atomic E-state index is 13.2. The van der Waals surface area contributed by atoms with E-state index in [9.17, 15) is 8.42 Å². The Morgan fingerprint density at radius 1 is 0.750 bits per heavy atom. The minimum atomic E-state index is -3.69. The molecule has 2 aromatic carbocycles. The van der Waals surface area contributed by atoms with Gasteiger partial charge in [0.2, 0.25) is 0 Å². The second-order valence-electron chi connectivity index (χ2n) is 8.53. The fraction of sp³-hybridized carbons (Fsp3) is 0.444. The molecular weight excluding hydrogens is 416 g/mol. The predicted molar refractivity (Wildman–Crippen MR) is 135 cm³/mol. The third-order valence-corrected chi connectivity index (χ3v) is 7.40. The Morgan fingerprint density at radius 3 is 2.16 bits per heavy atom. The van der Waals surface area contributed by atoms with Gasteiger partial charge in [0.05, 0.1) is 16.1 Å². The number of nitrogens with one attached hydrogen (secondary N) is 1. The molecule has 3 rings (SSSR count). The summed E-state index contributed by atoms with van der Waals surface area (Å²) >= 11 is 0. The zero-order chi connectivity index (χ0) is 22.7. The molecule has 0 bridgehead atoms. The Balaban J connectivity index is 1.55. The van der Waals surface area contributed by atoms with Crippen LogP contribution in [-0.4, -0.2) is 13.4 Å². The molecule has 0 spiro atoms. The zero-order valence-corrected chi connectivity index (χ0v) is 20.0. The lowest BCUT2D eigenvalue weighted by atomic mass is 10.0. The molecule has 0 aliphatic heterocycles. The number of hydrogen-bond acceptors (Lipinski definition) is 3. The van der Waals surface area contributed by atoms with Gasteiger partial charge in [-0.1, -0.05) is 101 Å². The molecule has 0 aliphatic rings. The van der Waals surface area contributed by atoms with Crippen molar-refractivity contribution >= 4 is 26.6 Å². The SMILES string of the molecule is CCCCCCCCCCCCc1ccccc1S(=O)(=O)Nc1cccc2cccnc12. The largest absolute Gasteiger partial charge is 0.277 e. The molecule has 1 N–H and O–H groups in total. The summed E-state index contributed by atoms with van der Waals surface area (Å²) in [4.78, 5) is 4.72. The van der Waals surface area contributed by atoms with Gasteiger partial charge >= 0.3 is 0 Å². The van der Waals surface area contributed by atoms with Crippen molar-refractivity contribution in [3.8, 4) is 0 Å². The van der Waals surface area contributed by atoms with Gasteiger partial charge in [-0.15, -0.1) is 0 Å². The predicted octanol–water partition coefficient (Wildman–Crippen LogP) is 7.50. The van der Waals surface area contributed by atoms with E-state index >= 15 is 0 Å². The van der Waals surface area contributed by atoms with Crippen LogP contribution in [0.1, 0.15) is 76.7 Å². The van der Waals surface area contributed by atoms with Gasteiger partial charge in [0.25, 0.3) is 10.0 Å². The number of sulfonamides is 1. The molecule has 0 saturated heterocycles. The lowest BCUT2D eigenvalue weighted by Gasteiger charge is -2.13. The molecule has 0 aliphatic carbocycles. The van der Waals surface area contributed by atoms with Crippen molar-refractivity contribution in [3.05, 3.63) is 66.4 Å². The average Bonchev–Trinajstić information content (AvgIpc) is 2.80. The third-order valence-electron chi connectivity index (χ3n) is 5.94. The maximum Gasteiger partial charge on any atom is 0.262 e. The molecule has 1 heterocycles. The number of aryl methyl sites for hydroxylation is 1. The van der Waals surface area contributed by atoms with Gasteiger partial charge in [0.15, 0.2) is 0 Å². The van der Waals surface area contributed by atoms with E-state index in [1.807, 2.05) is 36.4 Å². The summed E-state index contributed by atoms with van der Waals surface area (Å²) in [5.74, 6) is 0. The smallest absolute Gasteiger partial charge is 0.262 e. The van der Waals surface area contributed by atoms with Crippen LogP contribution in [-0.2, 0) is 16.4 Å². The number of unbranched alkanes of at least 4 members (excludes halogenated alkanes) is 9. The Kier molecular flexibility index (Phi) is 9.54. The van der Waals surface area contributed by atoms with Gasteiger partial charge in [0, 0.05) is 11.6 Å². The van der Waals surface area contributed by atoms with Crippen LogP contribution in [0.4, 0.5) is 5.69 Å². The van der Waals surface area contributed by atoms with Crippen LogP contribution in [0.15, 0.2) is 65.7 Å². The van der Waals surface area contributed by atoms with E-state index in [-0.39, 0.29) is 0 Å². The Hall–Kier alpha value is -2.40. The van der Waals surface area contributed by atoms with Crippen molar-refractivity contribution in [2.24, 2.45) is 0 Å². The Labute approximate surface area is 193 Å². The molecular formula is C27H36N2O2S. The molecule has 1 aromatic heterocycles. The van der Waals surface area contributed by atoms with E-state index < -0.39 is 10.0 Å². The normalized spacial score (nSPS) is 11.7. The second kappa shape index (κ2) is 12.6. The van der Waals surface area contributed by atoms with Gasteiger partial charge in [-0.05, 0) is 36.6 Å². The minimum Gasteiger partial charge on any atom is -0.277 e. The zero-order valence-electron chi connectivity index (χ0n) is 19.2. The number of anilines is 1. The number of benzene rings is 2. The topological polar surface area (TPSA) is 59.1 Å². The van der Waals surface area contributed by atoms with Crippen molar-refractivity contribution < 1.29 is 8.42 Å². The molecule has 172 valence electrons. The van der Waals surface area contributed by atoms with Crippen molar-refractivity contribution in [2.45, 2.75) is 82.4 Å². The summed E-state index contributed by atoms with van der Waals surface area (Å²) in [5, 5.41) is 0.909. The summed E-state index contributed by atoms with van der Waals surface area (Å²) in [5.41, 5.74) is 2.05. The molecule has 5 heteroatoms. The fourth-order valence-corrected chi connectivity index (χ4v) is 5.50. The average molecular weight is 453 g/mol. The molecule has 0 fully saturated rings. The molecule has 3 aromatic rings. The monoisotopic (exact) mass is 452 g/mol. The van der Waals surface area contributed by atoms with Crippen LogP contribution in [0, 0.1) is 0 Å². The summed E-state index contributed by atoms with van der Waals surface area (Å²) in [6.45, 7) is 2.25. The Morgan fingerprint density at radius 2 is 1.41 bits per heavy atom. The highest BCUT2D eigenvalue weighted by molar-refractivity contribution is 7.92.